The maximum Gasteiger partial charge on any atom is 0.100 e. The second-order valence-electron chi connectivity index (χ2n) is 1.74. The van der Waals surface area contributed by atoms with Gasteiger partial charge in [0.1, 0.15) is 6.07 Å². The van der Waals surface area contributed by atoms with Gasteiger partial charge in [-0.3, -0.25) is 0 Å². The molecule has 1 aromatic rings. The molecule has 1 aromatic carbocycles. The van der Waals surface area contributed by atoms with E-state index in [4.69, 9.17) is 5.26 Å². The molecule has 0 aliphatic rings. The highest BCUT2D eigenvalue weighted by Crippen LogP contribution is 2.18. The molecule has 1 rings (SSSR count). The average molecular weight is 308 g/mol. The van der Waals surface area contributed by atoms with Gasteiger partial charge >= 0.3 is 0 Å². The van der Waals surface area contributed by atoms with Gasteiger partial charge in [-0.05, 0) is 56.7 Å². The maximum atomic E-state index is 8.53. The predicted molar refractivity (Wildman–Crippen MR) is 51.6 cm³/mol. The summed E-state index contributed by atoms with van der Waals surface area (Å²) in [7, 11) is 0. The van der Waals surface area contributed by atoms with Crippen molar-refractivity contribution in [3.05, 3.63) is 31.8 Å². The summed E-state index contributed by atoms with van der Waals surface area (Å²) < 4.78 is 1.99. The molecule has 0 heterocycles. The van der Waals surface area contributed by atoms with Crippen LogP contribution in [0.25, 0.3) is 0 Å². The minimum absolute atomic E-state index is 0.681. The molecule has 0 aromatic heterocycles. The van der Waals surface area contributed by atoms with Gasteiger partial charge in [-0.1, -0.05) is 0 Å². The van der Waals surface area contributed by atoms with Crippen LogP contribution in [-0.2, 0) is 0 Å². The molecule has 1 nitrogen and oxygen atoms in total. The van der Waals surface area contributed by atoms with Crippen molar-refractivity contribution < 1.29 is 0 Å². The molecule has 0 amide bonds. The summed E-state index contributed by atoms with van der Waals surface area (Å²) in [5.41, 5.74) is 0.681. The highest BCUT2D eigenvalue weighted by Gasteiger charge is 1.96. The molecule has 0 radical (unpaired) electrons. The van der Waals surface area contributed by atoms with Gasteiger partial charge in [-0.25, -0.2) is 0 Å². The highest BCUT2D eigenvalue weighted by atomic mass is 127. The zero-order chi connectivity index (χ0) is 7.56. The fraction of sp³-hybridized carbons (Fsp3) is 0. The Bertz CT molecular complexity index is 290. The molecule has 50 valence electrons. The second-order valence-corrected chi connectivity index (χ2v) is 3.84. The maximum absolute atomic E-state index is 8.53. The quantitative estimate of drug-likeness (QED) is 0.676. The fourth-order valence-corrected chi connectivity index (χ4v) is 1.97. The van der Waals surface area contributed by atoms with Crippen LogP contribution in [0.3, 0.4) is 0 Å². The topological polar surface area (TPSA) is 23.8 Å². The summed E-state index contributed by atoms with van der Waals surface area (Å²) in [6, 6.07) is 7.69. The van der Waals surface area contributed by atoms with E-state index in [1.807, 2.05) is 12.1 Å². The smallest absolute Gasteiger partial charge is 0.100 e. The van der Waals surface area contributed by atoms with Crippen LogP contribution in [0.15, 0.2) is 22.7 Å². The molecule has 0 aliphatic heterocycles. The minimum atomic E-state index is 0.681. The van der Waals surface area contributed by atoms with E-state index in [-0.39, 0.29) is 0 Å². The van der Waals surface area contributed by atoms with Gasteiger partial charge in [0.15, 0.2) is 0 Å². The lowest BCUT2D eigenvalue weighted by atomic mass is 10.2. The Balaban J connectivity index is 3.23. The number of benzene rings is 1. The van der Waals surface area contributed by atoms with Crippen LogP contribution in [0.2, 0.25) is 0 Å². The van der Waals surface area contributed by atoms with Crippen molar-refractivity contribution in [3.63, 3.8) is 0 Å². The molecular formula is C7H3BrIN. The van der Waals surface area contributed by atoms with Crippen LogP contribution >= 0.6 is 38.5 Å². The summed E-state index contributed by atoms with van der Waals surface area (Å²) in [5, 5.41) is 8.53. The Labute approximate surface area is 81.3 Å². The first-order chi connectivity index (χ1) is 4.74. The fourth-order valence-electron chi connectivity index (χ4n) is 0.580. The SMILES string of the molecule is N#Cc1ccc(I)cc1Br. The predicted octanol–water partition coefficient (Wildman–Crippen LogP) is 2.93. The van der Waals surface area contributed by atoms with Crippen molar-refractivity contribution in [2.24, 2.45) is 0 Å². The number of nitriles is 1. The first-order valence-corrected chi connectivity index (χ1v) is 4.46. The molecule has 0 unspecified atom stereocenters. The minimum Gasteiger partial charge on any atom is -0.192 e. The molecule has 0 atom stereocenters. The zero-order valence-electron chi connectivity index (χ0n) is 4.94. The molecule has 0 saturated heterocycles. The molecule has 0 N–H and O–H groups in total. The Morgan fingerprint density at radius 1 is 1.50 bits per heavy atom. The first kappa shape index (κ1) is 8.02. The van der Waals surface area contributed by atoms with Crippen LogP contribution in [0.1, 0.15) is 5.56 Å². The van der Waals surface area contributed by atoms with Crippen molar-refractivity contribution in [1.29, 1.82) is 5.26 Å². The van der Waals surface area contributed by atoms with Gasteiger partial charge in [0.2, 0.25) is 0 Å². The van der Waals surface area contributed by atoms with Crippen molar-refractivity contribution >= 4 is 38.5 Å². The normalized spacial score (nSPS) is 8.90. The van der Waals surface area contributed by atoms with Crippen LogP contribution in [0.4, 0.5) is 0 Å². The number of hydrogen-bond donors (Lipinski definition) is 0. The van der Waals surface area contributed by atoms with E-state index in [0.29, 0.717) is 5.56 Å². The molecule has 10 heavy (non-hydrogen) atoms. The third-order valence-electron chi connectivity index (χ3n) is 1.05. The van der Waals surface area contributed by atoms with Gasteiger partial charge in [-0.2, -0.15) is 5.26 Å². The van der Waals surface area contributed by atoms with Gasteiger partial charge in [0.25, 0.3) is 0 Å². The van der Waals surface area contributed by atoms with Gasteiger partial charge in [0.05, 0.1) is 5.56 Å². The van der Waals surface area contributed by atoms with E-state index < -0.39 is 0 Å². The lowest BCUT2D eigenvalue weighted by Gasteiger charge is -1.93. The largest absolute Gasteiger partial charge is 0.192 e. The zero-order valence-corrected chi connectivity index (χ0v) is 8.68. The molecule has 0 fully saturated rings. The summed E-state index contributed by atoms with van der Waals surface area (Å²) in [4.78, 5) is 0. The summed E-state index contributed by atoms with van der Waals surface area (Å²) in [5.74, 6) is 0. The first-order valence-electron chi connectivity index (χ1n) is 2.59. The highest BCUT2D eigenvalue weighted by molar-refractivity contribution is 14.1. The Kier molecular flexibility index (Phi) is 2.69. The van der Waals surface area contributed by atoms with Gasteiger partial charge in [0, 0.05) is 8.04 Å². The Hall–Kier alpha value is -0.0800. The van der Waals surface area contributed by atoms with Crippen molar-refractivity contribution in [2.45, 2.75) is 0 Å². The number of hydrogen-bond acceptors (Lipinski definition) is 1. The van der Waals surface area contributed by atoms with Crippen molar-refractivity contribution in [3.8, 4) is 6.07 Å². The van der Waals surface area contributed by atoms with E-state index in [0.717, 1.165) is 8.04 Å². The summed E-state index contributed by atoms with van der Waals surface area (Å²) in [6.45, 7) is 0. The Morgan fingerprint density at radius 2 is 2.20 bits per heavy atom. The lowest BCUT2D eigenvalue weighted by molar-refractivity contribution is 1.46. The van der Waals surface area contributed by atoms with Crippen LogP contribution in [0.5, 0.6) is 0 Å². The van der Waals surface area contributed by atoms with Crippen LogP contribution in [-0.4, -0.2) is 0 Å². The van der Waals surface area contributed by atoms with E-state index in [1.54, 1.807) is 6.07 Å². The summed E-state index contributed by atoms with van der Waals surface area (Å²) >= 11 is 5.48. The monoisotopic (exact) mass is 307 g/mol. The third kappa shape index (κ3) is 1.70. The van der Waals surface area contributed by atoms with Gasteiger partial charge < -0.3 is 0 Å². The summed E-state index contributed by atoms with van der Waals surface area (Å²) in [6.07, 6.45) is 0. The third-order valence-corrected chi connectivity index (χ3v) is 2.38. The molecule has 0 spiro atoms. The van der Waals surface area contributed by atoms with Gasteiger partial charge in [-0.15, -0.1) is 0 Å². The average Bonchev–Trinajstić information content (AvgIpc) is 1.88. The molecule has 0 saturated carbocycles. The van der Waals surface area contributed by atoms with Crippen LogP contribution < -0.4 is 0 Å². The Morgan fingerprint density at radius 3 is 2.70 bits per heavy atom. The number of halogens is 2. The van der Waals surface area contributed by atoms with E-state index in [9.17, 15) is 0 Å². The number of nitrogens with zero attached hydrogens (tertiary/aromatic N) is 1. The van der Waals surface area contributed by atoms with Crippen LogP contribution in [0, 0.1) is 14.9 Å². The molecule has 3 heteroatoms. The van der Waals surface area contributed by atoms with Crippen molar-refractivity contribution in [1.82, 2.24) is 0 Å². The molecular weight excluding hydrogens is 305 g/mol. The van der Waals surface area contributed by atoms with E-state index >= 15 is 0 Å². The molecule has 0 aliphatic carbocycles. The molecule has 0 bridgehead atoms. The van der Waals surface area contributed by atoms with E-state index in [1.165, 1.54) is 0 Å². The van der Waals surface area contributed by atoms with E-state index in [2.05, 4.69) is 44.6 Å². The standard InChI is InChI=1S/C7H3BrIN/c8-7-3-6(9)2-1-5(7)4-10/h1-3H. The van der Waals surface area contributed by atoms with Crippen molar-refractivity contribution in [2.75, 3.05) is 0 Å². The lowest BCUT2D eigenvalue weighted by Crippen LogP contribution is -1.77. The number of rotatable bonds is 0. The second kappa shape index (κ2) is 3.35.